The fraction of sp³-hybridized carbons (Fsp3) is 0.818. The minimum Gasteiger partial charge on any atom is -0.467 e. The molecule has 92 valence electrons. The lowest BCUT2D eigenvalue weighted by Crippen LogP contribution is -2.52. The van der Waals surface area contributed by atoms with Gasteiger partial charge in [0.15, 0.2) is 0 Å². The smallest absolute Gasteiger partial charge is 0.331 e. The molecule has 1 atom stereocenters. The zero-order chi connectivity index (χ0) is 12.5. The van der Waals surface area contributed by atoms with Crippen molar-refractivity contribution in [3.8, 4) is 0 Å². The first kappa shape index (κ1) is 12.8. The van der Waals surface area contributed by atoms with Crippen LogP contribution in [0.1, 0.15) is 27.7 Å². The number of carbonyl (C=O) groups is 2. The molecule has 1 unspecified atom stereocenters. The van der Waals surface area contributed by atoms with E-state index in [-0.39, 0.29) is 12.1 Å². The highest BCUT2D eigenvalue weighted by Gasteiger charge is 2.44. The summed E-state index contributed by atoms with van der Waals surface area (Å²) in [5.74, 6) is -0.0468. The normalized spacial score (nSPS) is 21.2. The zero-order valence-corrected chi connectivity index (χ0v) is 10.5. The minimum atomic E-state index is -0.914. The van der Waals surface area contributed by atoms with Gasteiger partial charge in [-0.15, -0.1) is 0 Å². The molecule has 1 N–H and O–H groups in total. The van der Waals surface area contributed by atoms with E-state index >= 15 is 0 Å². The van der Waals surface area contributed by atoms with Crippen molar-refractivity contribution in [3.63, 3.8) is 0 Å². The monoisotopic (exact) mass is 228 g/mol. The molecule has 0 aromatic carbocycles. The van der Waals surface area contributed by atoms with Gasteiger partial charge in [-0.1, -0.05) is 13.8 Å². The number of esters is 1. The molecule has 16 heavy (non-hydrogen) atoms. The standard InChI is InChI=1S/C11H20N2O3/c1-7(2)8-6-13(10(15)12-8)11(3,4)9(14)16-5/h7-8H,6H2,1-5H3,(H,12,15). The lowest BCUT2D eigenvalue weighted by atomic mass is 10.0. The third-order valence-corrected chi connectivity index (χ3v) is 3.10. The van der Waals surface area contributed by atoms with Crippen LogP contribution in [0, 0.1) is 5.92 Å². The molecule has 1 heterocycles. The molecule has 5 nitrogen and oxygen atoms in total. The maximum Gasteiger partial charge on any atom is 0.331 e. The van der Waals surface area contributed by atoms with Crippen molar-refractivity contribution >= 4 is 12.0 Å². The highest BCUT2D eigenvalue weighted by Crippen LogP contribution is 2.22. The Labute approximate surface area is 96.1 Å². The molecule has 0 bridgehead atoms. The Balaban J connectivity index is 2.82. The van der Waals surface area contributed by atoms with Crippen LogP contribution in [0.5, 0.6) is 0 Å². The van der Waals surface area contributed by atoms with Crippen LogP contribution in [0.3, 0.4) is 0 Å². The highest BCUT2D eigenvalue weighted by molar-refractivity contribution is 5.87. The van der Waals surface area contributed by atoms with E-state index in [4.69, 9.17) is 4.74 Å². The first-order valence-electron chi connectivity index (χ1n) is 5.47. The number of methoxy groups -OCH3 is 1. The van der Waals surface area contributed by atoms with E-state index in [1.807, 2.05) is 13.8 Å². The van der Waals surface area contributed by atoms with Gasteiger partial charge in [-0.2, -0.15) is 0 Å². The molecule has 2 amide bonds. The molecule has 1 saturated heterocycles. The van der Waals surface area contributed by atoms with E-state index in [0.717, 1.165) is 0 Å². The second-order valence-corrected chi connectivity index (χ2v) is 4.96. The SMILES string of the molecule is COC(=O)C(C)(C)N1CC(C(C)C)NC1=O. The Kier molecular flexibility index (Phi) is 3.45. The average Bonchev–Trinajstić information content (AvgIpc) is 2.59. The molecule has 0 aliphatic carbocycles. The van der Waals surface area contributed by atoms with E-state index in [0.29, 0.717) is 12.5 Å². The molecule has 0 radical (unpaired) electrons. The summed E-state index contributed by atoms with van der Waals surface area (Å²) in [5.41, 5.74) is -0.914. The van der Waals surface area contributed by atoms with Crippen molar-refractivity contribution in [2.24, 2.45) is 5.92 Å². The summed E-state index contributed by atoms with van der Waals surface area (Å²) in [6.45, 7) is 8.01. The van der Waals surface area contributed by atoms with Crippen molar-refractivity contribution in [1.82, 2.24) is 10.2 Å². The van der Waals surface area contributed by atoms with E-state index in [2.05, 4.69) is 5.32 Å². The number of carbonyl (C=O) groups excluding carboxylic acids is 2. The van der Waals surface area contributed by atoms with E-state index in [9.17, 15) is 9.59 Å². The van der Waals surface area contributed by atoms with Gasteiger partial charge in [0.05, 0.1) is 13.2 Å². The van der Waals surface area contributed by atoms with E-state index < -0.39 is 11.5 Å². The van der Waals surface area contributed by atoms with Gasteiger partial charge in [0.25, 0.3) is 0 Å². The van der Waals surface area contributed by atoms with Crippen molar-refractivity contribution in [2.45, 2.75) is 39.3 Å². The van der Waals surface area contributed by atoms with Crippen LogP contribution in [-0.2, 0) is 9.53 Å². The summed E-state index contributed by atoms with van der Waals surface area (Å²) in [5, 5.41) is 2.87. The molecule has 1 aliphatic rings. The molecule has 0 spiro atoms. The van der Waals surface area contributed by atoms with Crippen molar-refractivity contribution in [1.29, 1.82) is 0 Å². The number of hydrogen-bond acceptors (Lipinski definition) is 3. The Morgan fingerprint density at radius 3 is 2.50 bits per heavy atom. The summed E-state index contributed by atoms with van der Waals surface area (Å²) in [6, 6.07) is -0.106. The number of ether oxygens (including phenoxy) is 1. The predicted octanol–water partition coefficient (Wildman–Crippen LogP) is 0.988. The predicted molar refractivity (Wildman–Crippen MR) is 60.0 cm³/mol. The number of hydrogen-bond donors (Lipinski definition) is 1. The maximum absolute atomic E-state index is 11.8. The third kappa shape index (κ3) is 2.13. The van der Waals surface area contributed by atoms with Gasteiger partial charge < -0.3 is 15.0 Å². The zero-order valence-electron chi connectivity index (χ0n) is 10.5. The molecule has 0 aromatic heterocycles. The van der Waals surface area contributed by atoms with Crippen LogP contribution >= 0.6 is 0 Å². The second kappa shape index (κ2) is 4.31. The topological polar surface area (TPSA) is 58.6 Å². The van der Waals surface area contributed by atoms with Gasteiger partial charge in [0.2, 0.25) is 0 Å². The van der Waals surface area contributed by atoms with Gasteiger partial charge in [-0.3, -0.25) is 0 Å². The van der Waals surface area contributed by atoms with Crippen LogP contribution < -0.4 is 5.32 Å². The van der Waals surface area contributed by atoms with Crippen LogP contribution in [0.2, 0.25) is 0 Å². The van der Waals surface area contributed by atoms with Crippen LogP contribution in [0.15, 0.2) is 0 Å². The molecule has 1 fully saturated rings. The Morgan fingerprint density at radius 2 is 2.12 bits per heavy atom. The van der Waals surface area contributed by atoms with Crippen molar-refractivity contribution in [3.05, 3.63) is 0 Å². The minimum absolute atomic E-state index is 0.0939. The van der Waals surface area contributed by atoms with Crippen LogP contribution in [-0.4, -0.2) is 42.1 Å². The molecule has 0 saturated carbocycles. The van der Waals surface area contributed by atoms with E-state index in [1.165, 1.54) is 12.0 Å². The largest absolute Gasteiger partial charge is 0.467 e. The van der Waals surface area contributed by atoms with Crippen LogP contribution in [0.25, 0.3) is 0 Å². The van der Waals surface area contributed by atoms with E-state index in [1.54, 1.807) is 13.8 Å². The molecular weight excluding hydrogens is 208 g/mol. The van der Waals surface area contributed by atoms with Crippen molar-refractivity contribution < 1.29 is 14.3 Å². The molecule has 0 aromatic rings. The number of nitrogens with zero attached hydrogens (tertiary/aromatic N) is 1. The summed E-state index contributed by atoms with van der Waals surface area (Å²) < 4.78 is 4.71. The number of rotatable bonds is 3. The van der Waals surface area contributed by atoms with Crippen LogP contribution in [0.4, 0.5) is 4.79 Å². The van der Waals surface area contributed by atoms with Gasteiger partial charge >= 0.3 is 12.0 Å². The number of nitrogens with one attached hydrogen (secondary N) is 1. The maximum atomic E-state index is 11.8. The first-order chi connectivity index (χ1) is 7.30. The van der Waals surface area contributed by atoms with Gasteiger partial charge in [0, 0.05) is 6.54 Å². The summed E-state index contributed by atoms with van der Waals surface area (Å²) in [4.78, 5) is 24.9. The average molecular weight is 228 g/mol. The Hall–Kier alpha value is -1.26. The summed E-state index contributed by atoms with van der Waals surface area (Å²) in [7, 11) is 1.33. The van der Waals surface area contributed by atoms with Crippen molar-refractivity contribution in [2.75, 3.05) is 13.7 Å². The Bertz CT molecular complexity index is 300. The molecule has 1 rings (SSSR count). The molecule has 1 aliphatic heterocycles. The fourth-order valence-electron chi connectivity index (χ4n) is 1.78. The lowest BCUT2D eigenvalue weighted by molar-refractivity contribution is -0.151. The fourth-order valence-corrected chi connectivity index (χ4v) is 1.78. The molecular formula is C11H20N2O3. The summed E-state index contributed by atoms with van der Waals surface area (Å²) >= 11 is 0. The number of amides is 2. The van der Waals surface area contributed by atoms with Gasteiger partial charge in [-0.25, -0.2) is 9.59 Å². The van der Waals surface area contributed by atoms with Gasteiger partial charge in [-0.05, 0) is 19.8 Å². The quantitative estimate of drug-likeness (QED) is 0.733. The Morgan fingerprint density at radius 1 is 1.56 bits per heavy atom. The van der Waals surface area contributed by atoms with Gasteiger partial charge in [0.1, 0.15) is 5.54 Å². The highest BCUT2D eigenvalue weighted by atomic mass is 16.5. The number of urea groups is 1. The molecule has 5 heteroatoms. The second-order valence-electron chi connectivity index (χ2n) is 4.96. The lowest BCUT2D eigenvalue weighted by Gasteiger charge is -2.31. The first-order valence-corrected chi connectivity index (χ1v) is 5.47. The summed E-state index contributed by atoms with van der Waals surface area (Å²) in [6.07, 6.45) is 0. The third-order valence-electron chi connectivity index (χ3n) is 3.10.